The summed E-state index contributed by atoms with van der Waals surface area (Å²) in [6, 6.07) is 23.8. The summed E-state index contributed by atoms with van der Waals surface area (Å²) in [5.74, 6) is -0.0326. The fourth-order valence-corrected chi connectivity index (χ4v) is 6.39. The Kier molecular flexibility index (Phi) is 7.95. The Labute approximate surface area is 246 Å². The second-order valence-corrected chi connectivity index (χ2v) is 10.9. The summed E-state index contributed by atoms with van der Waals surface area (Å²) in [4.78, 5) is 26.7. The minimum Gasteiger partial charge on any atom is -0.449 e. The Morgan fingerprint density at radius 3 is 2.39 bits per heavy atom. The highest BCUT2D eigenvalue weighted by atomic mass is 35.5. The number of fused-ring (bicyclic) bond motifs is 3. The van der Waals surface area contributed by atoms with Crippen molar-refractivity contribution in [3.8, 4) is 22.4 Å². The summed E-state index contributed by atoms with van der Waals surface area (Å²) >= 11 is 8.12. The second kappa shape index (κ2) is 12.1. The summed E-state index contributed by atoms with van der Waals surface area (Å²) in [7, 11) is 0. The van der Waals surface area contributed by atoms with Crippen LogP contribution in [0.5, 0.6) is 0 Å². The molecule has 1 amide bonds. The van der Waals surface area contributed by atoms with Gasteiger partial charge in [0.2, 0.25) is 0 Å². The third-order valence-corrected chi connectivity index (χ3v) is 8.62. The van der Waals surface area contributed by atoms with E-state index in [4.69, 9.17) is 16.3 Å². The molecular weight excluding hydrogens is 556 g/mol. The van der Waals surface area contributed by atoms with E-state index in [-0.39, 0.29) is 25.7 Å². The lowest BCUT2D eigenvalue weighted by Gasteiger charge is -2.17. The van der Waals surface area contributed by atoms with Crippen LogP contribution in [0.3, 0.4) is 0 Å². The van der Waals surface area contributed by atoms with Gasteiger partial charge in [-0.3, -0.25) is 9.97 Å². The fourth-order valence-electron chi connectivity index (χ4n) is 5.04. The van der Waals surface area contributed by atoms with Crippen molar-refractivity contribution in [2.45, 2.75) is 29.0 Å². The van der Waals surface area contributed by atoms with Gasteiger partial charge in [0.15, 0.2) is 0 Å². The maximum Gasteiger partial charge on any atom is 0.407 e. The average molecular weight is 581 g/mol. The monoisotopic (exact) mass is 580 g/mol. The molecule has 7 nitrogen and oxygen atoms in total. The number of carbonyl (C=O) groups is 1. The Bertz CT molecular complexity index is 1670. The number of amides is 1. The molecule has 0 unspecified atom stereocenters. The third kappa shape index (κ3) is 5.67. The summed E-state index contributed by atoms with van der Waals surface area (Å²) in [5, 5.41) is 13.8. The average Bonchev–Trinajstić information content (AvgIpc) is 3.34. The van der Waals surface area contributed by atoms with E-state index in [2.05, 4.69) is 44.5 Å². The van der Waals surface area contributed by atoms with Crippen LogP contribution in [0.4, 0.5) is 4.79 Å². The van der Waals surface area contributed by atoms with E-state index in [1.54, 1.807) is 30.9 Å². The van der Waals surface area contributed by atoms with Crippen LogP contribution in [0.15, 0.2) is 108 Å². The maximum atomic E-state index is 13.0. The minimum absolute atomic E-state index is 0.0326. The van der Waals surface area contributed by atoms with Gasteiger partial charge in [-0.1, -0.05) is 78.0 Å². The molecule has 9 heteroatoms. The number of nitrogens with one attached hydrogen (secondary N) is 1. The number of hydrogen-bond acceptors (Lipinski definition) is 7. The van der Waals surface area contributed by atoms with Gasteiger partial charge >= 0.3 is 6.09 Å². The van der Waals surface area contributed by atoms with Gasteiger partial charge in [-0.2, -0.15) is 0 Å². The molecule has 3 aromatic carbocycles. The van der Waals surface area contributed by atoms with Crippen molar-refractivity contribution in [1.29, 1.82) is 0 Å². The number of aliphatic hydroxyl groups excluding tert-OH is 1. The molecule has 2 aromatic heterocycles. The lowest BCUT2D eigenvalue weighted by molar-refractivity contribution is 0.142. The van der Waals surface area contributed by atoms with E-state index >= 15 is 0 Å². The van der Waals surface area contributed by atoms with Gasteiger partial charge in [0.1, 0.15) is 11.6 Å². The van der Waals surface area contributed by atoms with Crippen molar-refractivity contribution in [3.05, 3.63) is 125 Å². The standard InChI is InChI=1S/C32H25ClN4O3S/c33-28-15-21(29-17-34-12-13-35-29)14-22(30(28)41-31-20(18-38)6-5-11-36-31)16-37-32(39)40-19-27-25-9-3-1-7-23(25)24-8-2-4-10-26(24)27/h1-15,17,27,38H,16,18-19H2,(H,37,39). The number of ether oxygens (including phenoxy) is 1. The molecule has 0 spiro atoms. The molecule has 0 fully saturated rings. The fraction of sp³-hybridized carbons (Fsp3) is 0.125. The number of pyridine rings is 1. The highest BCUT2D eigenvalue weighted by Crippen LogP contribution is 2.44. The molecule has 1 aliphatic rings. The molecule has 2 heterocycles. The van der Waals surface area contributed by atoms with Crippen LogP contribution in [-0.2, 0) is 17.9 Å². The molecule has 5 aromatic rings. The minimum atomic E-state index is -0.530. The van der Waals surface area contributed by atoms with Crippen LogP contribution in [0, 0.1) is 0 Å². The number of aliphatic hydroxyl groups is 1. The molecule has 0 bridgehead atoms. The first-order chi connectivity index (χ1) is 20.1. The van der Waals surface area contributed by atoms with Crippen molar-refractivity contribution >= 4 is 29.5 Å². The number of alkyl carbamates (subject to hydrolysis) is 1. The molecule has 0 radical (unpaired) electrons. The molecule has 2 N–H and O–H groups in total. The highest BCUT2D eigenvalue weighted by molar-refractivity contribution is 7.99. The zero-order chi connectivity index (χ0) is 28.2. The first kappa shape index (κ1) is 27.0. The summed E-state index contributed by atoms with van der Waals surface area (Å²) in [5.41, 5.74) is 7.50. The first-order valence-corrected chi connectivity index (χ1v) is 14.2. The van der Waals surface area contributed by atoms with Crippen LogP contribution in [-0.4, -0.2) is 32.8 Å². The largest absolute Gasteiger partial charge is 0.449 e. The Balaban J connectivity index is 1.22. The van der Waals surface area contributed by atoms with Gasteiger partial charge in [0.25, 0.3) is 0 Å². The van der Waals surface area contributed by atoms with Crippen LogP contribution in [0.1, 0.15) is 28.2 Å². The molecule has 0 saturated carbocycles. The smallest absolute Gasteiger partial charge is 0.407 e. The van der Waals surface area contributed by atoms with Gasteiger partial charge in [0.05, 0.1) is 23.5 Å². The van der Waals surface area contributed by atoms with E-state index in [1.807, 2.05) is 42.5 Å². The number of nitrogens with zero attached hydrogens (tertiary/aromatic N) is 3. The quantitative estimate of drug-likeness (QED) is 0.207. The van der Waals surface area contributed by atoms with Gasteiger partial charge in [-0.15, -0.1) is 0 Å². The Morgan fingerprint density at radius 2 is 1.68 bits per heavy atom. The van der Waals surface area contributed by atoms with Gasteiger partial charge in [-0.05, 0) is 46.0 Å². The zero-order valence-electron chi connectivity index (χ0n) is 21.8. The zero-order valence-corrected chi connectivity index (χ0v) is 23.4. The predicted molar refractivity (Wildman–Crippen MR) is 159 cm³/mol. The van der Waals surface area contributed by atoms with E-state index in [9.17, 15) is 9.90 Å². The number of halogens is 1. The summed E-state index contributed by atoms with van der Waals surface area (Å²) in [6.45, 7) is 0.225. The van der Waals surface area contributed by atoms with E-state index < -0.39 is 6.09 Å². The molecule has 0 aliphatic heterocycles. The van der Waals surface area contributed by atoms with Gasteiger partial charge < -0.3 is 15.2 Å². The van der Waals surface area contributed by atoms with Crippen molar-refractivity contribution in [2.24, 2.45) is 0 Å². The van der Waals surface area contributed by atoms with Crippen LogP contribution < -0.4 is 5.32 Å². The van der Waals surface area contributed by atoms with Crippen molar-refractivity contribution in [1.82, 2.24) is 20.3 Å². The summed E-state index contributed by atoms with van der Waals surface area (Å²) < 4.78 is 5.74. The van der Waals surface area contributed by atoms with Crippen molar-refractivity contribution < 1.29 is 14.6 Å². The topological polar surface area (TPSA) is 97.2 Å². The maximum absolute atomic E-state index is 13.0. The molecule has 1 aliphatic carbocycles. The van der Waals surface area contributed by atoms with Crippen LogP contribution in [0.2, 0.25) is 5.02 Å². The Hall–Kier alpha value is -4.24. The van der Waals surface area contributed by atoms with Crippen molar-refractivity contribution in [3.63, 3.8) is 0 Å². The van der Waals surface area contributed by atoms with E-state index in [0.29, 0.717) is 26.2 Å². The lowest BCUT2D eigenvalue weighted by atomic mass is 9.98. The first-order valence-electron chi connectivity index (χ1n) is 13.0. The van der Waals surface area contributed by atoms with E-state index in [1.165, 1.54) is 22.9 Å². The van der Waals surface area contributed by atoms with Gasteiger partial charge in [-0.25, -0.2) is 9.78 Å². The molecule has 0 atom stereocenters. The summed E-state index contributed by atoms with van der Waals surface area (Å²) in [6.07, 6.45) is 6.01. The molecular formula is C32H25ClN4O3S. The number of rotatable bonds is 8. The molecule has 204 valence electrons. The van der Waals surface area contributed by atoms with Crippen LogP contribution >= 0.6 is 23.4 Å². The number of hydrogen-bond donors (Lipinski definition) is 2. The third-order valence-electron chi connectivity index (χ3n) is 6.97. The number of benzene rings is 3. The number of carbonyl (C=O) groups excluding carboxylic acids is 1. The molecule has 0 saturated heterocycles. The lowest BCUT2D eigenvalue weighted by Crippen LogP contribution is -2.26. The number of aromatic nitrogens is 3. The molecule has 6 rings (SSSR count). The second-order valence-electron chi connectivity index (χ2n) is 9.44. The molecule has 41 heavy (non-hydrogen) atoms. The predicted octanol–water partition coefficient (Wildman–Crippen LogP) is 6.87. The Morgan fingerprint density at radius 1 is 0.927 bits per heavy atom. The van der Waals surface area contributed by atoms with Crippen molar-refractivity contribution in [2.75, 3.05) is 6.61 Å². The SMILES string of the molecule is O=C(NCc1cc(-c2cnccn2)cc(Cl)c1Sc1ncccc1CO)OCC1c2ccccc2-c2ccccc21. The van der Waals surface area contributed by atoms with Crippen LogP contribution in [0.25, 0.3) is 22.4 Å². The van der Waals surface area contributed by atoms with E-state index in [0.717, 1.165) is 22.3 Å². The normalized spacial score (nSPS) is 12.0. The highest BCUT2D eigenvalue weighted by Gasteiger charge is 2.29. The van der Waals surface area contributed by atoms with Gasteiger partial charge in [0, 0.05) is 47.1 Å².